The van der Waals surface area contributed by atoms with Gasteiger partial charge < -0.3 is 10.0 Å². The number of aryl methyl sites for hydroxylation is 2. The summed E-state index contributed by atoms with van der Waals surface area (Å²) in [6.45, 7) is 4.16. The zero-order valence-corrected chi connectivity index (χ0v) is 13.2. The number of carbonyl (C=O) groups excluding carboxylic acids is 1. The molecule has 6 heteroatoms. The summed E-state index contributed by atoms with van der Waals surface area (Å²) in [5, 5.41) is 14.3. The van der Waals surface area contributed by atoms with Gasteiger partial charge in [-0.1, -0.05) is 12.1 Å². The minimum atomic E-state index is -0.590. The van der Waals surface area contributed by atoms with Crippen molar-refractivity contribution < 1.29 is 14.3 Å². The number of aliphatic hydroxyl groups excluding tert-OH is 1. The van der Waals surface area contributed by atoms with E-state index in [1.807, 2.05) is 19.9 Å². The van der Waals surface area contributed by atoms with Crippen LogP contribution in [0, 0.1) is 19.7 Å². The fourth-order valence-corrected chi connectivity index (χ4v) is 3.17. The first kappa shape index (κ1) is 15.7. The molecule has 1 aliphatic rings. The third kappa shape index (κ3) is 3.27. The highest BCUT2D eigenvalue weighted by Gasteiger charge is 2.35. The number of nitrogens with zero attached hydrogens (tertiary/aromatic N) is 3. The average molecular weight is 317 g/mol. The van der Waals surface area contributed by atoms with Gasteiger partial charge in [0.2, 0.25) is 5.91 Å². The maximum absolute atomic E-state index is 13.5. The van der Waals surface area contributed by atoms with Gasteiger partial charge in [0, 0.05) is 12.2 Å². The van der Waals surface area contributed by atoms with E-state index >= 15 is 0 Å². The monoisotopic (exact) mass is 317 g/mol. The number of rotatable bonds is 3. The first-order valence-electron chi connectivity index (χ1n) is 7.68. The predicted octanol–water partition coefficient (Wildman–Crippen LogP) is 1.97. The number of likely N-dealkylation sites (tertiary alicyclic amines) is 1. The van der Waals surface area contributed by atoms with Crippen LogP contribution in [0.25, 0.3) is 0 Å². The van der Waals surface area contributed by atoms with Crippen molar-refractivity contribution in [3.05, 3.63) is 53.1 Å². The van der Waals surface area contributed by atoms with Crippen LogP contribution >= 0.6 is 0 Å². The normalized spacial score (nSPS) is 21.0. The van der Waals surface area contributed by atoms with Gasteiger partial charge in [-0.25, -0.2) is 4.39 Å². The minimum Gasteiger partial charge on any atom is -0.391 e. The number of β-amino-alcohol motifs (C(OH)–C–C–N with tert-alkyl or cyclic N) is 1. The third-order valence-corrected chi connectivity index (χ3v) is 4.22. The average Bonchev–Trinajstić information content (AvgIpc) is 3.02. The molecule has 0 spiro atoms. The summed E-state index contributed by atoms with van der Waals surface area (Å²) in [5.74, 6) is -0.461. The molecule has 1 aromatic carbocycles. The summed E-state index contributed by atoms with van der Waals surface area (Å²) in [7, 11) is 0. The highest BCUT2D eigenvalue weighted by Crippen LogP contribution is 2.32. The van der Waals surface area contributed by atoms with Crippen LogP contribution in [-0.2, 0) is 11.3 Å². The van der Waals surface area contributed by atoms with Crippen LogP contribution in [-0.4, -0.2) is 38.3 Å². The zero-order valence-electron chi connectivity index (χ0n) is 13.2. The SMILES string of the molecule is Cc1cc(C)n(CC(=O)N2C[C@@H](O)C[C@@H]2c2cccc(F)c2)n1. The summed E-state index contributed by atoms with van der Waals surface area (Å²) in [6.07, 6.45) is -0.167. The van der Waals surface area contributed by atoms with E-state index in [4.69, 9.17) is 0 Å². The van der Waals surface area contributed by atoms with Gasteiger partial charge in [-0.2, -0.15) is 5.10 Å². The Kier molecular flexibility index (Phi) is 4.17. The molecule has 122 valence electrons. The van der Waals surface area contributed by atoms with Crippen LogP contribution in [0.2, 0.25) is 0 Å². The van der Waals surface area contributed by atoms with Gasteiger partial charge in [-0.05, 0) is 44.0 Å². The number of halogens is 1. The highest BCUT2D eigenvalue weighted by molar-refractivity contribution is 5.77. The van der Waals surface area contributed by atoms with E-state index in [2.05, 4.69) is 5.10 Å². The van der Waals surface area contributed by atoms with Crippen molar-refractivity contribution >= 4 is 5.91 Å². The maximum Gasteiger partial charge on any atom is 0.244 e. The molecule has 0 radical (unpaired) electrons. The Bertz CT molecular complexity index is 728. The van der Waals surface area contributed by atoms with Crippen molar-refractivity contribution in [3.63, 3.8) is 0 Å². The Hall–Kier alpha value is -2.21. The molecular formula is C17H20FN3O2. The minimum absolute atomic E-state index is 0.123. The molecule has 23 heavy (non-hydrogen) atoms. The van der Waals surface area contributed by atoms with Crippen molar-refractivity contribution in [1.82, 2.24) is 14.7 Å². The molecule has 1 fully saturated rings. The number of hydrogen-bond donors (Lipinski definition) is 1. The molecule has 1 amide bonds. The number of amides is 1. The number of aromatic nitrogens is 2. The summed E-state index contributed by atoms with van der Waals surface area (Å²) >= 11 is 0. The topological polar surface area (TPSA) is 58.4 Å². The molecule has 1 saturated heterocycles. The molecule has 2 heterocycles. The maximum atomic E-state index is 13.5. The molecule has 2 aromatic rings. The number of aliphatic hydroxyl groups is 1. The second-order valence-corrected chi connectivity index (χ2v) is 6.09. The first-order valence-corrected chi connectivity index (χ1v) is 7.68. The molecule has 1 aromatic heterocycles. The largest absolute Gasteiger partial charge is 0.391 e. The van der Waals surface area contributed by atoms with E-state index < -0.39 is 6.10 Å². The van der Waals surface area contributed by atoms with Gasteiger partial charge in [0.05, 0.1) is 17.8 Å². The van der Waals surface area contributed by atoms with Crippen LogP contribution < -0.4 is 0 Å². The van der Waals surface area contributed by atoms with Crippen LogP contribution in [0.1, 0.15) is 29.4 Å². The van der Waals surface area contributed by atoms with Crippen molar-refractivity contribution in [2.24, 2.45) is 0 Å². The Morgan fingerprint density at radius 2 is 2.17 bits per heavy atom. The number of carbonyl (C=O) groups is 1. The zero-order chi connectivity index (χ0) is 16.6. The number of hydrogen-bond acceptors (Lipinski definition) is 3. The van der Waals surface area contributed by atoms with Crippen LogP contribution in [0.3, 0.4) is 0 Å². The van der Waals surface area contributed by atoms with E-state index in [0.29, 0.717) is 12.0 Å². The van der Waals surface area contributed by atoms with E-state index in [1.165, 1.54) is 12.1 Å². The van der Waals surface area contributed by atoms with Crippen molar-refractivity contribution in [2.75, 3.05) is 6.54 Å². The van der Waals surface area contributed by atoms with Gasteiger partial charge in [-0.3, -0.25) is 9.48 Å². The van der Waals surface area contributed by atoms with E-state index in [1.54, 1.807) is 21.7 Å². The second-order valence-electron chi connectivity index (χ2n) is 6.09. The summed E-state index contributed by atoms with van der Waals surface area (Å²) < 4.78 is 15.1. The third-order valence-electron chi connectivity index (χ3n) is 4.22. The van der Waals surface area contributed by atoms with Crippen LogP contribution in [0.4, 0.5) is 4.39 Å². The highest BCUT2D eigenvalue weighted by atomic mass is 19.1. The summed E-state index contributed by atoms with van der Waals surface area (Å²) in [4.78, 5) is 14.3. The van der Waals surface area contributed by atoms with Crippen LogP contribution in [0.5, 0.6) is 0 Å². The molecule has 0 aliphatic carbocycles. The second kappa shape index (κ2) is 6.12. The van der Waals surface area contributed by atoms with E-state index in [0.717, 1.165) is 11.4 Å². The lowest BCUT2D eigenvalue weighted by Crippen LogP contribution is -2.35. The molecule has 1 N–H and O–H groups in total. The molecule has 0 saturated carbocycles. The molecule has 3 rings (SSSR count). The number of benzene rings is 1. The Labute approximate surface area is 134 Å². The first-order chi connectivity index (χ1) is 10.9. The standard InChI is InChI=1S/C17H20FN3O2/c1-11-6-12(2)21(19-11)10-17(23)20-9-15(22)8-16(20)13-4-3-5-14(18)7-13/h3-7,15-16,22H,8-10H2,1-2H3/t15-,16+/m0/s1. The van der Waals surface area contributed by atoms with E-state index in [-0.39, 0.29) is 30.9 Å². The Morgan fingerprint density at radius 3 is 2.83 bits per heavy atom. The van der Waals surface area contributed by atoms with Gasteiger partial charge in [0.25, 0.3) is 0 Å². The van der Waals surface area contributed by atoms with Gasteiger partial charge >= 0.3 is 0 Å². The molecule has 2 atom stereocenters. The molecule has 1 aliphatic heterocycles. The summed E-state index contributed by atoms with van der Waals surface area (Å²) in [6, 6.07) is 7.82. The summed E-state index contributed by atoms with van der Waals surface area (Å²) in [5.41, 5.74) is 2.49. The van der Waals surface area contributed by atoms with Crippen LogP contribution in [0.15, 0.2) is 30.3 Å². The van der Waals surface area contributed by atoms with Gasteiger partial charge in [0.1, 0.15) is 12.4 Å². The molecule has 0 bridgehead atoms. The van der Waals surface area contributed by atoms with Crippen molar-refractivity contribution in [2.45, 2.75) is 39.0 Å². The van der Waals surface area contributed by atoms with Crippen molar-refractivity contribution in [1.29, 1.82) is 0 Å². The Morgan fingerprint density at radius 1 is 1.39 bits per heavy atom. The smallest absolute Gasteiger partial charge is 0.244 e. The van der Waals surface area contributed by atoms with Gasteiger partial charge in [0.15, 0.2) is 0 Å². The Balaban J connectivity index is 1.81. The van der Waals surface area contributed by atoms with E-state index in [9.17, 15) is 14.3 Å². The lowest BCUT2D eigenvalue weighted by Gasteiger charge is -2.25. The molecule has 0 unspecified atom stereocenters. The van der Waals surface area contributed by atoms with Gasteiger partial charge in [-0.15, -0.1) is 0 Å². The predicted molar refractivity (Wildman–Crippen MR) is 83.2 cm³/mol. The fourth-order valence-electron chi connectivity index (χ4n) is 3.17. The molecular weight excluding hydrogens is 297 g/mol. The quantitative estimate of drug-likeness (QED) is 0.941. The van der Waals surface area contributed by atoms with Crippen molar-refractivity contribution in [3.8, 4) is 0 Å². The lowest BCUT2D eigenvalue weighted by molar-refractivity contribution is -0.133. The lowest BCUT2D eigenvalue weighted by atomic mass is 10.0. The fraction of sp³-hybridized carbons (Fsp3) is 0.412. The molecule has 5 nitrogen and oxygen atoms in total.